The van der Waals surface area contributed by atoms with E-state index >= 15 is 0 Å². The minimum absolute atomic E-state index is 0.0413. The van der Waals surface area contributed by atoms with Crippen LogP contribution in [0.1, 0.15) is 21.9 Å². The molecular weight excluding hydrogens is 340 g/mol. The molecule has 1 aliphatic rings. The second-order valence-electron chi connectivity index (χ2n) is 4.99. The zero-order chi connectivity index (χ0) is 16.6. The summed E-state index contributed by atoms with van der Waals surface area (Å²) in [6.45, 7) is 0.327. The van der Waals surface area contributed by atoms with Gasteiger partial charge in [-0.05, 0) is 30.7 Å². The van der Waals surface area contributed by atoms with Crippen molar-refractivity contribution in [3.05, 3.63) is 52.6 Å². The molecule has 0 atom stereocenters. The molecule has 0 unspecified atom stereocenters. The van der Waals surface area contributed by atoms with Crippen molar-refractivity contribution in [3.63, 3.8) is 0 Å². The zero-order valence-electron chi connectivity index (χ0n) is 11.9. The fraction of sp³-hybridized carbons (Fsp3) is 0.214. The Balaban J connectivity index is 1.93. The molecule has 1 aliphatic heterocycles. The second kappa shape index (κ2) is 5.88. The molecule has 2 heterocycles. The number of sulfonamides is 1. The van der Waals surface area contributed by atoms with Gasteiger partial charge >= 0.3 is 0 Å². The van der Waals surface area contributed by atoms with Crippen LogP contribution in [-0.4, -0.2) is 35.1 Å². The lowest BCUT2D eigenvalue weighted by molar-refractivity contribution is 0.0989. The predicted molar refractivity (Wildman–Crippen MR) is 82.1 cm³/mol. The molecule has 7 nitrogen and oxygen atoms in total. The number of nitrogens with two attached hydrogens (primary N) is 1. The summed E-state index contributed by atoms with van der Waals surface area (Å²) in [6, 6.07) is 5.95. The maximum Gasteiger partial charge on any atom is 0.286 e. The minimum Gasteiger partial charge on any atom is -0.363 e. The summed E-state index contributed by atoms with van der Waals surface area (Å²) >= 11 is 5.79. The molecule has 1 aromatic carbocycles. The topological polar surface area (TPSA) is 106 Å². The van der Waals surface area contributed by atoms with Gasteiger partial charge in [-0.15, -0.1) is 0 Å². The van der Waals surface area contributed by atoms with Gasteiger partial charge in [-0.1, -0.05) is 11.6 Å². The number of nitrogens with zero attached hydrogens (tertiary/aromatic N) is 3. The molecule has 23 heavy (non-hydrogen) atoms. The molecule has 0 bridgehead atoms. The fourth-order valence-electron chi connectivity index (χ4n) is 2.29. The standard InChI is InChI=1S/C14H12ClN4O3S/c15-10-1-3-11(4-2-10)23(21,22)19-6-5-9-7-17-14(13(16)20)18-12(9)8-19/h1-4H,5-6,8H2,(H2,16,20). The SMILES string of the molecule is NC(=O)c1n[c]c2c(n1)CN(S(=O)(=O)c1ccc(Cl)cc1)CC2. The van der Waals surface area contributed by atoms with Crippen LogP contribution in [0.3, 0.4) is 0 Å². The number of carbonyl (C=O) groups excluding carboxylic acids is 1. The Morgan fingerprint density at radius 2 is 2.00 bits per heavy atom. The first-order valence-electron chi connectivity index (χ1n) is 6.71. The van der Waals surface area contributed by atoms with Crippen LogP contribution in [0.25, 0.3) is 0 Å². The molecule has 1 aromatic heterocycles. The van der Waals surface area contributed by atoms with Crippen LogP contribution < -0.4 is 5.73 Å². The van der Waals surface area contributed by atoms with Gasteiger partial charge in [-0.3, -0.25) is 4.79 Å². The summed E-state index contributed by atoms with van der Waals surface area (Å²) < 4.78 is 26.6. The van der Waals surface area contributed by atoms with Gasteiger partial charge in [0.2, 0.25) is 15.8 Å². The highest BCUT2D eigenvalue weighted by atomic mass is 35.5. The first kappa shape index (κ1) is 15.9. The highest BCUT2D eigenvalue weighted by molar-refractivity contribution is 7.89. The first-order valence-corrected chi connectivity index (χ1v) is 8.53. The van der Waals surface area contributed by atoms with Gasteiger partial charge in [0.15, 0.2) is 0 Å². The Morgan fingerprint density at radius 3 is 2.65 bits per heavy atom. The number of rotatable bonds is 3. The van der Waals surface area contributed by atoms with Crippen molar-refractivity contribution in [3.8, 4) is 0 Å². The number of hydrogen-bond donors (Lipinski definition) is 1. The van der Waals surface area contributed by atoms with Crippen LogP contribution in [0.2, 0.25) is 5.02 Å². The highest BCUT2D eigenvalue weighted by Gasteiger charge is 2.29. The van der Waals surface area contributed by atoms with Crippen molar-refractivity contribution in [2.45, 2.75) is 17.9 Å². The average molecular weight is 352 g/mol. The van der Waals surface area contributed by atoms with E-state index in [-0.39, 0.29) is 23.8 Å². The van der Waals surface area contributed by atoms with Crippen LogP contribution in [-0.2, 0) is 23.0 Å². The van der Waals surface area contributed by atoms with E-state index in [1.54, 1.807) is 0 Å². The van der Waals surface area contributed by atoms with Gasteiger partial charge < -0.3 is 5.73 Å². The van der Waals surface area contributed by atoms with Gasteiger partial charge in [-0.2, -0.15) is 4.31 Å². The molecule has 1 amide bonds. The van der Waals surface area contributed by atoms with Crippen molar-refractivity contribution in [2.75, 3.05) is 6.54 Å². The summed E-state index contributed by atoms with van der Waals surface area (Å²) in [4.78, 5) is 19.1. The Morgan fingerprint density at radius 1 is 1.30 bits per heavy atom. The van der Waals surface area contributed by atoms with Crippen molar-refractivity contribution in [1.82, 2.24) is 14.3 Å². The molecule has 0 saturated carbocycles. The Labute approximate surface area is 138 Å². The van der Waals surface area contributed by atoms with E-state index in [0.717, 1.165) is 0 Å². The van der Waals surface area contributed by atoms with E-state index in [0.29, 0.717) is 22.7 Å². The normalized spacial score (nSPS) is 15.2. The van der Waals surface area contributed by atoms with Gasteiger partial charge in [0.05, 0.1) is 23.3 Å². The summed E-state index contributed by atoms with van der Waals surface area (Å²) in [7, 11) is -3.67. The van der Waals surface area contributed by atoms with Gasteiger partial charge in [0.25, 0.3) is 5.91 Å². The maximum absolute atomic E-state index is 12.7. The third kappa shape index (κ3) is 3.05. The molecule has 1 radical (unpaired) electrons. The van der Waals surface area contributed by atoms with Gasteiger partial charge in [-0.25, -0.2) is 18.4 Å². The van der Waals surface area contributed by atoms with E-state index in [2.05, 4.69) is 16.2 Å². The van der Waals surface area contributed by atoms with E-state index < -0.39 is 15.9 Å². The average Bonchev–Trinajstić information content (AvgIpc) is 2.54. The molecular formula is C14H12ClN4O3S. The lowest BCUT2D eigenvalue weighted by Gasteiger charge is -2.27. The lowest BCUT2D eigenvalue weighted by Crippen LogP contribution is -2.37. The Hall–Kier alpha value is -2.03. The minimum atomic E-state index is -3.67. The summed E-state index contributed by atoms with van der Waals surface area (Å²) in [5, 5.41) is 0.460. The predicted octanol–water partition coefficient (Wildman–Crippen LogP) is 0.776. The quantitative estimate of drug-likeness (QED) is 0.879. The number of primary amides is 1. The van der Waals surface area contributed by atoms with Crippen molar-refractivity contribution in [1.29, 1.82) is 0 Å². The molecule has 0 fully saturated rings. The van der Waals surface area contributed by atoms with E-state index in [4.69, 9.17) is 17.3 Å². The van der Waals surface area contributed by atoms with Crippen LogP contribution in [0.15, 0.2) is 29.2 Å². The van der Waals surface area contributed by atoms with Gasteiger partial charge in [0, 0.05) is 17.1 Å². The summed E-state index contributed by atoms with van der Waals surface area (Å²) in [5.41, 5.74) is 6.28. The molecule has 9 heteroatoms. The number of halogens is 1. The largest absolute Gasteiger partial charge is 0.363 e. The van der Waals surface area contributed by atoms with Crippen molar-refractivity contribution in [2.24, 2.45) is 5.73 Å². The smallest absolute Gasteiger partial charge is 0.286 e. The molecule has 2 aromatic rings. The molecule has 0 aliphatic carbocycles. The van der Waals surface area contributed by atoms with Crippen LogP contribution in [0.5, 0.6) is 0 Å². The first-order chi connectivity index (χ1) is 10.9. The van der Waals surface area contributed by atoms with E-state index in [1.807, 2.05) is 0 Å². The van der Waals surface area contributed by atoms with Crippen LogP contribution in [0.4, 0.5) is 0 Å². The molecule has 2 N–H and O–H groups in total. The fourth-order valence-corrected chi connectivity index (χ4v) is 3.82. The van der Waals surface area contributed by atoms with E-state index in [1.165, 1.54) is 28.6 Å². The van der Waals surface area contributed by atoms with Crippen LogP contribution in [0, 0.1) is 6.20 Å². The summed E-state index contributed by atoms with van der Waals surface area (Å²) in [6.07, 6.45) is 3.12. The zero-order valence-corrected chi connectivity index (χ0v) is 13.4. The monoisotopic (exact) mass is 351 g/mol. The maximum atomic E-state index is 12.7. The molecule has 3 rings (SSSR count). The molecule has 0 spiro atoms. The number of hydrogen-bond acceptors (Lipinski definition) is 5. The van der Waals surface area contributed by atoms with Crippen LogP contribution >= 0.6 is 11.6 Å². The van der Waals surface area contributed by atoms with Crippen molar-refractivity contribution >= 4 is 27.5 Å². The number of aromatic nitrogens is 2. The summed E-state index contributed by atoms with van der Waals surface area (Å²) in [5.74, 6) is -0.948. The lowest BCUT2D eigenvalue weighted by atomic mass is 10.1. The van der Waals surface area contributed by atoms with Gasteiger partial charge in [0.1, 0.15) is 0 Å². The number of fused-ring (bicyclic) bond motifs is 1. The number of benzene rings is 1. The molecule has 0 saturated heterocycles. The third-order valence-electron chi connectivity index (χ3n) is 3.50. The third-order valence-corrected chi connectivity index (χ3v) is 5.61. The second-order valence-corrected chi connectivity index (χ2v) is 7.37. The molecule has 119 valence electrons. The highest BCUT2D eigenvalue weighted by Crippen LogP contribution is 2.24. The number of amides is 1. The van der Waals surface area contributed by atoms with Crippen molar-refractivity contribution < 1.29 is 13.2 Å². The van der Waals surface area contributed by atoms with E-state index in [9.17, 15) is 13.2 Å². The number of carbonyl (C=O) groups is 1. The Bertz CT molecular complexity index is 868. The Kier molecular flexibility index (Phi) is 4.05.